The van der Waals surface area contributed by atoms with Gasteiger partial charge in [-0.25, -0.2) is 9.97 Å². The molecule has 2 heterocycles. The van der Waals surface area contributed by atoms with E-state index >= 15 is 0 Å². The number of carbonyl (C=O) groups is 3. The molecule has 156 valence electrons. The largest absolute Gasteiger partial charge is 0.322 e. The minimum Gasteiger partial charge on any atom is -0.322 e. The highest BCUT2D eigenvalue weighted by Gasteiger charge is 2.42. The molecular formula is C24H22N4O3. The maximum atomic E-state index is 13.1. The molecule has 4 rings (SSSR count). The van der Waals surface area contributed by atoms with Gasteiger partial charge in [0.15, 0.2) is 5.82 Å². The number of nitrogens with one attached hydrogen (secondary N) is 1. The lowest BCUT2D eigenvalue weighted by atomic mass is 10.0. The second-order valence-electron chi connectivity index (χ2n) is 7.82. The fraction of sp³-hybridized carbons (Fsp3) is 0.208. The molecule has 3 amide bonds. The van der Waals surface area contributed by atoms with Crippen LogP contribution >= 0.6 is 0 Å². The Morgan fingerprint density at radius 1 is 0.903 bits per heavy atom. The Balaban J connectivity index is 1.56. The Hall–Kier alpha value is -3.87. The zero-order valence-corrected chi connectivity index (χ0v) is 17.3. The third kappa shape index (κ3) is 4.07. The number of hydrogen-bond donors (Lipinski definition) is 1. The van der Waals surface area contributed by atoms with E-state index in [9.17, 15) is 14.4 Å². The van der Waals surface area contributed by atoms with E-state index in [0.717, 1.165) is 10.5 Å². The van der Waals surface area contributed by atoms with Gasteiger partial charge in [-0.05, 0) is 24.5 Å². The first-order chi connectivity index (χ1) is 15.0. The van der Waals surface area contributed by atoms with Crippen LogP contribution in [0.1, 0.15) is 41.0 Å². The first-order valence-corrected chi connectivity index (χ1v) is 10.1. The number of hydrogen-bond acceptors (Lipinski definition) is 5. The Labute approximate surface area is 180 Å². The summed E-state index contributed by atoms with van der Waals surface area (Å²) in [7, 11) is 0. The van der Waals surface area contributed by atoms with Gasteiger partial charge in [-0.1, -0.05) is 56.3 Å². The molecule has 1 N–H and O–H groups in total. The van der Waals surface area contributed by atoms with Gasteiger partial charge in [-0.15, -0.1) is 0 Å². The van der Waals surface area contributed by atoms with Crippen molar-refractivity contribution in [2.45, 2.75) is 26.3 Å². The summed E-state index contributed by atoms with van der Waals surface area (Å²) in [5.74, 6) is -0.706. The van der Waals surface area contributed by atoms with Gasteiger partial charge >= 0.3 is 0 Å². The van der Waals surface area contributed by atoms with E-state index in [-0.39, 0.29) is 5.92 Å². The lowest BCUT2D eigenvalue weighted by Gasteiger charge is -2.26. The van der Waals surface area contributed by atoms with Crippen LogP contribution < -0.4 is 5.32 Å². The third-order valence-corrected chi connectivity index (χ3v) is 5.09. The van der Waals surface area contributed by atoms with Crippen molar-refractivity contribution in [3.63, 3.8) is 0 Å². The highest BCUT2D eigenvalue weighted by Crippen LogP contribution is 2.27. The molecular weight excluding hydrogens is 392 g/mol. The van der Waals surface area contributed by atoms with E-state index in [1.807, 2.05) is 44.2 Å². The van der Waals surface area contributed by atoms with E-state index in [1.54, 1.807) is 24.3 Å². The monoisotopic (exact) mass is 414 g/mol. The highest BCUT2D eigenvalue weighted by molar-refractivity contribution is 6.23. The zero-order valence-electron chi connectivity index (χ0n) is 17.3. The van der Waals surface area contributed by atoms with Gasteiger partial charge in [-0.3, -0.25) is 19.3 Å². The number of imide groups is 1. The van der Waals surface area contributed by atoms with E-state index in [0.29, 0.717) is 29.1 Å². The maximum absolute atomic E-state index is 13.1. The van der Waals surface area contributed by atoms with Gasteiger partial charge < -0.3 is 5.32 Å². The van der Waals surface area contributed by atoms with Crippen LogP contribution in [0.3, 0.4) is 0 Å². The van der Waals surface area contributed by atoms with Crippen LogP contribution in [0.5, 0.6) is 0 Å². The smallest absolute Gasteiger partial charge is 0.262 e. The van der Waals surface area contributed by atoms with Gasteiger partial charge in [0.25, 0.3) is 11.8 Å². The summed E-state index contributed by atoms with van der Waals surface area (Å²) in [6.45, 7) is 3.88. The van der Waals surface area contributed by atoms with E-state index in [1.165, 1.54) is 12.4 Å². The first-order valence-electron chi connectivity index (χ1n) is 10.1. The number of rotatable bonds is 6. The molecule has 7 heteroatoms. The highest BCUT2D eigenvalue weighted by atomic mass is 16.2. The van der Waals surface area contributed by atoms with Gasteiger partial charge in [0.1, 0.15) is 6.04 Å². The first kappa shape index (κ1) is 20.4. The molecule has 0 radical (unpaired) electrons. The molecule has 31 heavy (non-hydrogen) atoms. The summed E-state index contributed by atoms with van der Waals surface area (Å²) in [6.07, 6.45) is 3.38. The standard InChI is InChI=1S/C24H22N4O3/c1-15(2)12-20(28-23(30)18-10-6-7-11-19(18)24(28)31)22(29)27-17-13-25-21(26-14-17)16-8-4-3-5-9-16/h3-11,13-15,20H,12H2,1-2H3,(H,27,29). The molecule has 0 saturated heterocycles. The summed E-state index contributed by atoms with van der Waals surface area (Å²) < 4.78 is 0. The molecule has 1 aromatic heterocycles. The topological polar surface area (TPSA) is 92.3 Å². The summed E-state index contributed by atoms with van der Waals surface area (Å²) in [6, 6.07) is 15.2. The van der Waals surface area contributed by atoms with Gasteiger partial charge in [-0.2, -0.15) is 0 Å². The van der Waals surface area contributed by atoms with Crippen LogP contribution in [0.25, 0.3) is 11.4 Å². The Bertz CT molecular complexity index is 1090. The fourth-order valence-electron chi connectivity index (χ4n) is 3.62. The fourth-order valence-corrected chi connectivity index (χ4v) is 3.62. The molecule has 1 aliphatic rings. The van der Waals surface area contributed by atoms with Crippen molar-refractivity contribution in [2.75, 3.05) is 5.32 Å². The Morgan fingerprint density at radius 2 is 1.45 bits per heavy atom. The summed E-state index contributed by atoms with van der Waals surface area (Å²) in [4.78, 5) is 48.6. The minimum absolute atomic E-state index is 0.0942. The molecule has 0 bridgehead atoms. The predicted molar refractivity (Wildman–Crippen MR) is 116 cm³/mol. The van der Waals surface area contributed by atoms with Crippen LogP contribution in [-0.2, 0) is 4.79 Å². The van der Waals surface area contributed by atoms with Crippen molar-refractivity contribution in [3.8, 4) is 11.4 Å². The van der Waals surface area contributed by atoms with Crippen molar-refractivity contribution < 1.29 is 14.4 Å². The SMILES string of the molecule is CC(C)CC(C(=O)Nc1cnc(-c2ccccc2)nc1)N1C(=O)c2ccccc2C1=O. The summed E-state index contributed by atoms with van der Waals surface area (Å²) in [5, 5.41) is 2.76. The lowest BCUT2D eigenvalue weighted by molar-refractivity contribution is -0.120. The number of carbonyl (C=O) groups excluding carboxylic acids is 3. The average molecular weight is 414 g/mol. The molecule has 0 fully saturated rings. The van der Waals surface area contributed by atoms with Crippen molar-refractivity contribution in [3.05, 3.63) is 78.1 Å². The molecule has 3 aromatic rings. The second-order valence-corrected chi connectivity index (χ2v) is 7.82. The summed E-state index contributed by atoms with van der Waals surface area (Å²) >= 11 is 0. The van der Waals surface area contributed by atoms with E-state index in [2.05, 4.69) is 15.3 Å². The zero-order chi connectivity index (χ0) is 22.0. The number of fused-ring (bicyclic) bond motifs is 1. The second kappa shape index (κ2) is 8.47. The molecule has 1 unspecified atom stereocenters. The number of nitrogens with zero attached hydrogens (tertiary/aromatic N) is 3. The number of anilines is 1. The van der Waals surface area contributed by atoms with Gasteiger partial charge in [0, 0.05) is 5.56 Å². The quantitative estimate of drug-likeness (QED) is 0.620. The number of aromatic nitrogens is 2. The number of benzene rings is 2. The Kier molecular flexibility index (Phi) is 5.58. The van der Waals surface area contributed by atoms with Crippen molar-refractivity contribution in [1.82, 2.24) is 14.9 Å². The normalized spacial score (nSPS) is 14.0. The average Bonchev–Trinajstić information content (AvgIpc) is 3.03. The maximum Gasteiger partial charge on any atom is 0.262 e. The van der Waals surface area contributed by atoms with Crippen LogP contribution in [-0.4, -0.2) is 38.6 Å². The minimum atomic E-state index is -0.929. The van der Waals surface area contributed by atoms with Crippen LogP contribution in [0.4, 0.5) is 5.69 Å². The predicted octanol–water partition coefficient (Wildman–Crippen LogP) is 3.79. The molecule has 0 spiro atoms. The van der Waals surface area contributed by atoms with E-state index in [4.69, 9.17) is 0 Å². The van der Waals surface area contributed by atoms with Crippen molar-refractivity contribution >= 4 is 23.4 Å². The number of amides is 3. The molecule has 2 aromatic carbocycles. The van der Waals surface area contributed by atoms with Crippen LogP contribution in [0.2, 0.25) is 0 Å². The summed E-state index contributed by atoms with van der Waals surface area (Å²) in [5.41, 5.74) is 1.91. The third-order valence-electron chi connectivity index (χ3n) is 5.09. The lowest BCUT2D eigenvalue weighted by Crippen LogP contribution is -2.48. The van der Waals surface area contributed by atoms with Crippen LogP contribution in [0, 0.1) is 5.92 Å². The molecule has 1 atom stereocenters. The molecule has 1 aliphatic heterocycles. The van der Waals surface area contributed by atoms with Crippen molar-refractivity contribution in [1.29, 1.82) is 0 Å². The van der Waals surface area contributed by atoms with Crippen LogP contribution in [0.15, 0.2) is 67.0 Å². The van der Waals surface area contributed by atoms with E-state index < -0.39 is 23.8 Å². The molecule has 7 nitrogen and oxygen atoms in total. The van der Waals surface area contributed by atoms with Gasteiger partial charge in [0.2, 0.25) is 5.91 Å². The Morgan fingerprint density at radius 3 is 2.00 bits per heavy atom. The molecule has 0 aliphatic carbocycles. The molecule has 0 saturated carbocycles. The van der Waals surface area contributed by atoms with Gasteiger partial charge in [0.05, 0.1) is 29.2 Å². The van der Waals surface area contributed by atoms with Crippen molar-refractivity contribution in [2.24, 2.45) is 5.92 Å².